The predicted molar refractivity (Wildman–Crippen MR) is 134 cm³/mol. The minimum Gasteiger partial charge on any atom is -0.478 e. The van der Waals surface area contributed by atoms with Crippen LogP contribution in [0.25, 0.3) is 0 Å². The van der Waals surface area contributed by atoms with Crippen LogP contribution in [0.5, 0.6) is 0 Å². The van der Waals surface area contributed by atoms with Crippen molar-refractivity contribution in [3.63, 3.8) is 0 Å². The number of ketones is 1. The number of hydrogen-bond acceptors (Lipinski definition) is 4. The van der Waals surface area contributed by atoms with Gasteiger partial charge in [-0.1, -0.05) is 70.1 Å². The van der Waals surface area contributed by atoms with Crippen molar-refractivity contribution in [2.45, 2.75) is 4.90 Å². The Labute approximate surface area is 217 Å². The smallest absolute Gasteiger partial charge is 0.338 e. The molecule has 5 nitrogen and oxygen atoms in total. The number of anilines is 1. The summed E-state index contributed by atoms with van der Waals surface area (Å²) in [5.41, 5.74) is -0.162. The van der Waals surface area contributed by atoms with E-state index >= 15 is 0 Å². The van der Waals surface area contributed by atoms with Gasteiger partial charge in [-0.05, 0) is 36.4 Å². The number of carbonyl (C=O) groups is 3. The fraction of sp³-hybridized carbons (Fsp3) is 0.0455. The molecule has 0 aliphatic carbocycles. The molecule has 11 heteroatoms. The summed E-state index contributed by atoms with van der Waals surface area (Å²) in [6.45, 7) is 0. The molecular formula is C22H12Cl5NO4S. The van der Waals surface area contributed by atoms with Gasteiger partial charge in [-0.25, -0.2) is 4.79 Å². The molecule has 0 fully saturated rings. The number of carbonyl (C=O) groups excluding carboxylic acids is 2. The van der Waals surface area contributed by atoms with Crippen molar-refractivity contribution in [1.29, 1.82) is 0 Å². The second-order valence-electron chi connectivity index (χ2n) is 6.48. The SMILES string of the molecule is O=C(CSc1ccc(NC(=O)c2c(Cl)c(Cl)c(Cl)c(Cl)c2C(=O)O)cc1)c1ccccc1Cl. The first-order valence-electron chi connectivity index (χ1n) is 9.03. The van der Waals surface area contributed by atoms with Crippen LogP contribution in [0.2, 0.25) is 25.1 Å². The molecule has 0 saturated carbocycles. The molecule has 0 atom stereocenters. The summed E-state index contributed by atoms with van der Waals surface area (Å²) >= 11 is 31.3. The number of carboxylic acid groups (broad SMARTS) is 1. The Kier molecular flexibility index (Phi) is 8.56. The van der Waals surface area contributed by atoms with Crippen molar-refractivity contribution in [3.05, 3.63) is 90.3 Å². The Bertz CT molecular complexity index is 1260. The topological polar surface area (TPSA) is 83.5 Å². The molecule has 3 rings (SSSR count). The lowest BCUT2D eigenvalue weighted by Crippen LogP contribution is -2.18. The van der Waals surface area contributed by atoms with E-state index < -0.39 is 28.0 Å². The maximum atomic E-state index is 12.8. The minimum atomic E-state index is -1.49. The van der Waals surface area contributed by atoms with Crippen LogP contribution < -0.4 is 5.32 Å². The molecule has 3 aromatic carbocycles. The molecule has 2 N–H and O–H groups in total. The first kappa shape index (κ1) is 25.7. The first-order chi connectivity index (χ1) is 15.6. The Morgan fingerprint density at radius 3 is 1.94 bits per heavy atom. The molecule has 0 heterocycles. The van der Waals surface area contributed by atoms with Crippen LogP contribution in [-0.2, 0) is 0 Å². The maximum absolute atomic E-state index is 12.8. The number of Topliss-reactive ketones (excluding diaryl/α,β-unsaturated/α-hetero) is 1. The van der Waals surface area contributed by atoms with Crippen molar-refractivity contribution in [1.82, 2.24) is 0 Å². The normalized spacial score (nSPS) is 10.7. The Morgan fingerprint density at radius 2 is 1.36 bits per heavy atom. The van der Waals surface area contributed by atoms with Crippen LogP contribution in [0.1, 0.15) is 31.1 Å². The largest absolute Gasteiger partial charge is 0.478 e. The van der Waals surface area contributed by atoms with E-state index in [1.807, 2.05) is 0 Å². The number of aromatic carboxylic acids is 1. The zero-order valence-electron chi connectivity index (χ0n) is 16.3. The fourth-order valence-electron chi connectivity index (χ4n) is 2.79. The lowest BCUT2D eigenvalue weighted by Gasteiger charge is -2.14. The molecule has 3 aromatic rings. The average Bonchev–Trinajstić information content (AvgIpc) is 2.79. The van der Waals surface area contributed by atoms with Crippen molar-refractivity contribution in [3.8, 4) is 0 Å². The van der Waals surface area contributed by atoms with Gasteiger partial charge in [0.2, 0.25) is 0 Å². The zero-order valence-corrected chi connectivity index (χ0v) is 20.9. The highest BCUT2D eigenvalue weighted by Gasteiger charge is 2.28. The van der Waals surface area contributed by atoms with Gasteiger partial charge in [0.05, 0.1) is 42.0 Å². The number of halogens is 5. The van der Waals surface area contributed by atoms with Crippen LogP contribution in [0.15, 0.2) is 53.4 Å². The van der Waals surface area contributed by atoms with Crippen LogP contribution in [0, 0.1) is 0 Å². The molecule has 0 aromatic heterocycles. The summed E-state index contributed by atoms with van der Waals surface area (Å²) in [6.07, 6.45) is 0. The van der Waals surface area contributed by atoms with Crippen LogP contribution in [0.3, 0.4) is 0 Å². The number of thioether (sulfide) groups is 1. The molecule has 33 heavy (non-hydrogen) atoms. The maximum Gasteiger partial charge on any atom is 0.338 e. The summed E-state index contributed by atoms with van der Waals surface area (Å²) in [7, 11) is 0. The van der Waals surface area contributed by atoms with Crippen LogP contribution in [-0.4, -0.2) is 28.5 Å². The highest BCUT2D eigenvalue weighted by Crippen LogP contribution is 2.41. The third kappa shape index (κ3) is 5.77. The predicted octanol–water partition coefficient (Wildman–Crippen LogP) is 7.88. The van der Waals surface area contributed by atoms with E-state index in [4.69, 9.17) is 58.0 Å². The Morgan fingerprint density at radius 1 is 0.788 bits per heavy atom. The van der Waals surface area contributed by atoms with Gasteiger partial charge in [-0.2, -0.15) is 0 Å². The summed E-state index contributed by atoms with van der Waals surface area (Å²) in [5, 5.41) is 11.2. The van der Waals surface area contributed by atoms with Crippen molar-refractivity contribution in [2.75, 3.05) is 11.1 Å². The van der Waals surface area contributed by atoms with E-state index in [1.54, 1.807) is 48.5 Å². The van der Waals surface area contributed by atoms with Gasteiger partial charge in [0.15, 0.2) is 5.78 Å². The van der Waals surface area contributed by atoms with E-state index in [-0.39, 0.29) is 26.6 Å². The second kappa shape index (κ2) is 11.0. The minimum absolute atomic E-state index is 0.115. The van der Waals surface area contributed by atoms with Gasteiger partial charge >= 0.3 is 5.97 Å². The average molecular weight is 564 g/mol. The van der Waals surface area contributed by atoms with Gasteiger partial charge in [0, 0.05) is 16.1 Å². The molecule has 170 valence electrons. The van der Waals surface area contributed by atoms with E-state index in [0.29, 0.717) is 16.3 Å². The van der Waals surface area contributed by atoms with Crippen molar-refractivity contribution >= 4 is 93.1 Å². The van der Waals surface area contributed by atoms with Crippen LogP contribution >= 0.6 is 69.8 Å². The van der Waals surface area contributed by atoms with E-state index in [2.05, 4.69) is 5.32 Å². The van der Waals surface area contributed by atoms with E-state index in [9.17, 15) is 19.5 Å². The Hall–Kier alpha value is -1.93. The molecule has 0 spiro atoms. The number of carboxylic acids is 1. The Balaban J connectivity index is 1.74. The first-order valence-corrected chi connectivity index (χ1v) is 11.9. The standard InChI is InChI=1S/C22H12Cl5NO4S/c23-13-4-2-1-3-12(13)14(29)9-33-11-7-5-10(6-8-11)28-21(30)15-16(22(31)32)18(25)20(27)19(26)17(15)24/h1-8H,9H2,(H,28,30)(H,31,32). The van der Waals surface area contributed by atoms with E-state index in [0.717, 1.165) is 4.90 Å². The highest BCUT2D eigenvalue weighted by atomic mass is 35.5. The third-order valence-electron chi connectivity index (χ3n) is 4.36. The molecule has 0 aliphatic heterocycles. The van der Waals surface area contributed by atoms with Gasteiger partial charge in [-0.15, -0.1) is 11.8 Å². The number of rotatable bonds is 7. The van der Waals surface area contributed by atoms with Crippen molar-refractivity contribution < 1.29 is 19.5 Å². The highest BCUT2D eigenvalue weighted by molar-refractivity contribution is 8.00. The quantitative estimate of drug-likeness (QED) is 0.132. The number of hydrogen-bond donors (Lipinski definition) is 2. The van der Waals surface area contributed by atoms with Crippen molar-refractivity contribution in [2.24, 2.45) is 0 Å². The molecule has 0 radical (unpaired) electrons. The third-order valence-corrected chi connectivity index (χ3v) is 7.51. The van der Waals surface area contributed by atoms with Gasteiger partial charge in [-0.3, -0.25) is 9.59 Å². The van der Waals surface area contributed by atoms with E-state index in [1.165, 1.54) is 11.8 Å². The summed E-state index contributed by atoms with van der Waals surface area (Å²) < 4.78 is 0. The number of amides is 1. The molecule has 0 unspecified atom stereocenters. The van der Waals surface area contributed by atoms with Crippen LogP contribution in [0.4, 0.5) is 5.69 Å². The molecule has 0 aliphatic rings. The summed E-state index contributed by atoms with van der Waals surface area (Å²) in [6, 6.07) is 13.4. The molecule has 0 bridgehead atoms. The summed E-state index contributed by atoms with van der Waals surface area (Å²) in [5.74, 6) is -2.25. The summed E-state index contributed by atoms with van der Waals surface area (Å²) in [4.78, 5) is 37.6. The number of benzene rings is 3. The van der Waals surface area contributed by atoms with Gasteiger partial charge in [0.1, 0.15) is 0 Å². The molecule has 1 amide bonds. The van der Waals surface area contributed by atoms with Gasteiger partial charge in [0.25, 0.3) is 5.91 Å². The second-order valence-corrected chi connectivity index (χ2v) is 9.45. The lowest BCUT2D eigenvalue weighted by atomic mass is 10.1. The monoisotopic (exact) mass is 561 g/mol. The lowest BCUT2D eigenvalue weighted by molar-refractivity contribution is 0.0692. The number of nitrogens with one attached hydrogen (secondary N) is 1. The molecular weight excluding hydrogens is 552 g/mol. The fourth-order valence-corrected chi connectivity index (χ4v) is 4.83. The van der Waals surface area contributed by atoms with Gasteiger partial charge < -0.3 is 10.4 Å². The molecule has 0 saturated heterocycles. The zero-order chi connectivity index (χ0) is 24.3.